The van der Waals surface area contributed by atoms with Gasteiger partial charge in [0.15, 0.2) is 11.3 Å². The van der Waals surface area contributed by atoms with E-state index in [0.717, 1.165) is 24.2 Å². The number of nitriles is 1. The number of H-pyrrole nitrogens is 1. The summed E-state index contributed by atoms with van der Waals surface area (Å²) < 4.78 is 14.9. The largest absolute Gasteiger partial charge is 0.310 e. The second kappa shape index (κ2) is 7.40. The maximum atomic E-state index is 13.3. The van der Waals surface area contributed by atoms with Gasteiger partial charge in [-0.3, -0.25) is 4.79 Å². The molecule has 1 aromatic carbocycles. The van der Waals surface area contributed by atoms with Crippen LogP contribution in [0.15, 0.2) is 47.5 Å². The van der Waals surface area contributed by atoms with Crippen LogP contribution in [0, 0.1) is 17.1 Å². The van der Waals surface area contributed by atoms with Gasteiger partial charge < -0.3 is 4.98 Å². The lowest BCUT2D eigenvalue weighted by atomic mass is 9.72. The molecule has 1 fully saturated rings. The number of nitrogens with one attached hydrogen (secondary N) is 1. The Morgan fingerprint density at radius 3 is 2.55 bits per heavy atom. The van der Waals surface area contributed by atoms with E-state index >= 15 is 0 Å². The summed E-state index contributed by atoms with van der Waals surface area (Å²) in [5, 5.41) is 14.0. The van der Waals surface area contributed by atoms with Gasteiger partial charge in [-0.1, -0.05) is 12.1 Å². The van der Waals surface area contributed by atoms with Gasteiger partial charge in [-0.2, -0.15) is 10.4 Å². The predicted molar refractivity (Wildman–Crippen MR) is 110 cm³/mol. The Morgan fingerprint density at radius 1 is 1.19 bits per heavy atom. The molecule has 1 aliphatic rings. The van der Waals surface area contributed by atoms with E-state index in [4.69, 9.17) is 4.98 Å². The lowest BCUT2D eigenvalue weighted by molar-refractivity contribution is 0.319. The van der Waals surface area contributed by atoms with Crippen molar-refractivity contribution in [2.75, 3.05) is 0 Å². The standard InChI is InChI=1S/C22H18FN7O/c1-12(13-3-5-14(23)6-4-13)30-21-18(17(11-24)29-30)22(31)28-20(27-21)16-8-7-15(16)19-25-9-2-10-26-19/h2-6,9-10,12,15-16H,7-8H2,1H3,(H,27,28,31)/t12?,15-,16-/m0/s1. The molecule has 3 aromatic heterocycles. The van der Waals surface area contributed by atoms with Crippen LogP contribution in [0.3, 0.4) is 0 Å². The molecule has 3 heterocycles. The molecular weight excluding hydrogens is 397 g/mol. The van der Waals surface area contributed by atoms with E-state index in [1.54, 1.807) is 35.3 Å². The van der Waals surface area contributed by atoms with Gasteiger partial charge in [-0.05, 0) is 43.5 Å². The molecule has 4 aromatic rings. The minimum atomic E-state index is -0.395. The van der Waals surface area contributed by atoms with Gasteiger partial charge in [-0.25, -0.2) is 24.0 Å². The third-order valence-electron chi connectivity index (χ3n) is 5.95. The van der Waals surface area contributed by atoms with E-state index in [0.29, 0.717) is 11.5 Å². The van der Waals surface area contributed by atoms with Gasteiger partial charge in [0.25, 0.3) is 5.56 Å². The van der Waals surface area contributed by atoms with E-state index in [9.17, 15) is 14.4 Å². The number of hydrogen-bond donors (Lipinski definition) is 1. The van der Waals surface area contributed by atoms with E-state index in [1.807, 2.05) is 13.0 Å². The number of aromatic amines is 1. The highest BCUT2D eigenvalue weighted by atomic mass is 19.1. The molecule has 3 atom stereocenters. The van der Waals surface area contributed by atoms with Crippen molar-refractivity contribution in [3.8, 4) is 6.07 Å². The van der Waals surface area contributed by atoms with Crippen molar-refractivity contribution in [2.24, 2.45) is 0 Å². The van der Waals surface area contributed by atoms with Gasteiger partial charge in [0.2, 0.25) is 0 Å². The molecule has 0 radical (unpaired) electrons. The summed E-state index contributed by atoms with van der Waals surface area (Å²) in [7, 11) is 0. The number of nitrogens with zero attached hydrogens (tertiary/aromatic N) is 6. The summed E-state index contributed by atoms with van der Waals surface area (Å²) in [6.07, 6.45) is 5.17. The molecule has 0 spiro atoms. The number of hydrogen-bond acceptors (Lipinski definition) is 6. The summed E-state index contributed by atoms with van der Waals surface area (Å²) in [4.78, 5) is 29.2. The monoisotopic (exact) mass is 415 g/mol. The Labute approximate surface area is 176 Å². The van der Waals surface area contributed by atoms with Crippen molar-refractivity contribution in [3.05, 3.63) is 81.8 Å². The Kier molecular flexibility index (Phi) is 4.55. The third kappa shape index (κ3) is 3.17. The molecule has 0 bridgehead atoms. The number of aromatic nitrogens is 6. The van der Waals surface area contributed by atoms with Crippen LogP contribution >= 0.6 is 0 Å². The van der Waals surface area contributed by atoms with Crippen LogP contribution in [0.2, 0.25) is 0 Å². The number of fused-ring (bicyclic) bond motifs is 1. The molecule has 1 N–H and O–H groups in total. The maximum Gasteiger partial charge on any atom is 0.263 e. The van der Waals surface area contributed by atoms with E-state index in [2.05, 4.69) is 20.1 Å². The fourth-order valence-corrected chi connectivity index (χ4v) is 4.11. The average molecular weight is 415 g/mol. The van der Waals surface area contributed by atoms with Crippen LogP contribution < -0.4 is 5.56 Å². The first-order chi connectivity index (χ1) is 15.1. The van der Waals surface area contributed by atoms with Crippen molar-refractivity contribution in [1.82, 2.24) is 29.7 Å². The van der Waals surface area contributed by atoms with Crippen LogP contribution in [0.1, 0.15) is 60.5 Å². The highest BCUT2D eigenvalue weighted by Gasteiger charge is 2.37. The normalized spacial score (nSPS) is 19.0. The Morgan fingerprint density at radius 2 is 1.90 bits per heavy atom. The second-order valence-corrected chi connectivity index (χ2v) is 7.68. The van der Waals surface area contributed by atoms with Gasteiger partial charge in [-0.15, -0.1) is 0 Å². The number of halogens is 1. The zero-order valence-electron chi connectivity index (χ0n) is 16.7. The molecule has 9 heteroatoms. The van der Waals surface area contributed by atoms with Gasteiger partial charge >= 0.3 is 0 Å². The van der Waals surface area contributed by atoms with Gasteiger partial charge in [0.1, 0.15) is 28.9 Å². The first-order valence-electron chi connectivity index (χ1n) is 10.0. The lowest BCUT2D eigenvalue weighted by Gasteiger charge is -2.34. The summed E-state index contributed by atoms with van der Waals surface area (Å²) in [5.41, 5.74) is 0.749. The van der Waals surface area contributed by atoms with E-state index in [1.165, 1.54) is 12.1 Å². The van der Waals surface area contributed by atoms with Gasteiger partial charge in [0, 0.05) is 24.2 Å². The highest BCUT2D eigenvalue weighted by molar-refractivity contribution is 5.80. The molecule has 8 nitrogen and oxygen atoms in total. The van der Waals surface area contributed by atoms with Crippen molar-refractivity contribution < 1.29 is 4.39 Å². The third-order valence-corrected chi connectivity index (χ3v) is 5.95. The first kappa shape index (κ1) is 19.1. The quantitative estimate of drug-likeness (QED) is 0.548. The fourth-order valence-electron chi connectivity index (χ4n) is 4.11. The molecule has 1 unspecified atom stereocenters. The minimum Gasteiger partial charge on any atom is -0.310 e. The predicted octanol–water partition coefficient (Wildman–Crippen LogP) is 3.19. The van der Waals surface area contributed by atoms with Crippen LogP contribution in [0.25, 0.3) is 11.0 Å². The van der Waals surface area contributed by atoms with Gasteiger partial charge in [0.05, 0.1) is 6.04 Å². The smallest absolute Gasteiger partial charge is 0.263 e. The maximum absolute atomic E-state index is 13.3. The van der Waals surface area contributed by atoms with Crippen LogP contribution in [-0.4, -0.2) is 29.7 Å². The molecule has 0 saturated heterocycles. The summed E-state index contributed by atoms with van der Waals surface area (Å²) in [6, 6.07) is 9.45. The summed E-state index contributed by atoms with van der Waals surface area (Å²) in [6.45, 7) is 1.87. The molecule has 31 heavy (non-hydrogen) atoms. The van der Waals surface area contributed by atoms with E-state index < -0.39 is 5.56 Å². The van der Waals surface area contributed by atoms with E-state index in [-0.39, 0.29) is 34.8 Å². The van der Waals surface area contributed by atoms with Crippen LogP contribution in [0.4, 0.5) is 4.39 Å². The van der Waals surface area contributed by atoms with Crippen LogP contribution in [-0.2, 0) is 0 Å². The summed E-state index contributed by atoms with van der Waals surface area (Å²) >= 11 is 0. The minimum absolute atomic E-state index is 0.0146. The second-order valence-electron chi connectivity index (χ2n) is 7.68. The van der Waals surface area contributed by atoms with Crippen LogP contribution in [0.5, 0.6) is 0 Å². The number of benzene rings is 1. The Bertz CT molecular complexity index is 1360. The molecule has 5 rings (SSSR count). The SMILES string of the molecule is CC(c1ccc(F)cc1)n1nc(C#N)c2c(=O)[nH]c([C@H]3CC[C@@H]3c3ncccn3)nc21. The van der Waals surface area contributed by atoms with Crippen molar-refractivity contribution in [1.29, 1.82) is 5.26 Å². The first-order valence-corrected chi connectivity index (χ1v) is 10.0. The zero-order valence-corrected chi connectivity index (χ0v) is 16.7. The summed E-state index contributed by atoms with van der Waals surface area (Å²) in [5.74, 6) is 0.984. The number of rotatable bonds is 4. The Hall–Kier alpha value is -3.93. The molecule has 1 aliphatic carbocycles. The molecule has 154 valence electrons. The molecule has 1 saturated carbocycles. The lowest BCUT2D eigenvalue weighted by Crippen LogP contribution is -2.28. The topological polar surface area (TPSA) is 113 Å². The zero-order chi connectivity index (χ0) is 21.5. The van der Waals surface area contributed by atoms with Crippen molar-refractivity contribution in [3.63, 3.8) is 0 Å². The molecular formula is C22H18FN7O. The van der Waals surface area contributed by atoms with Crippen molar-refractivity contribution in [2.45, 2.75) is 37.6 Å². The molecule has 0 aliphatic heterocycles. The Balaban J connectivity index is 1.61. The average Bonchev–Trinajstić information content (AvgIpc) is 3.13. The van der Waals surface area contributed by atoms with Crippen molar-refractivity contribution >= 4 is 11.0 Å². The molecule has 0 amide bonds. The fraction of sp³-hybridized carbons (Fsp3) is 0.273. The highest BCUT2D eigenvalue weighted by Crippen LogP contribution is 2.46.